The lowest BCUT2D eigenvalue weighted by Gasteiger charge is -2.49. The first-order valence-electron chi connectivity index (χ1n) is 11.2. The molecule has 0 aromatic rings. The lowest BCUT2D eigenvalue weighted by Crippen LogP contribution is -2.70. The third-order valence-electron chi connectivity index (χ3n) is 7.02. The zero-order valence-corrected chi connectivity index (χ0v) is 18.5. The van der Waals surface area contributed by atoms with Crippen LogP contribution in [0.15, 0.2) is 11.6 Å². The summed E-state index contributed by atoms with van der Waals surface area (Å²) in [6.07, 6.45) is -18.8. The molecule has 13 N–H and O–H groups in total. The van der Waals surface area contributed by atoms with Crippen LogP contribution in [0.1, 0.15) is 0 Å². The van der Waals surface area contributed by atoms with Gasteiger partial charge in [-0.05, 0) is 5.57 Å². The molecule has 1 heterocycles. The van der Waals surface area contributed by atoms with E-state index in [-0.39, 0.29) is 5.57 Å². The Balaban J connectivity index is 1.79. The molecule has 15 nitrogen and oxygen atoms in total. The number of rotatable bonds is 7. The molecule has 0 radical (unpaired) electrons. The van der Waals surface area contributed by atoms with Gasteiger partial charge in [-0.25, -0.2) is 0 Å². The second-order valence-corrected chi connectivity index (χ2v) is 9.16. The lowest BCUT2D eigenvalue weighted by atomic mass is 9.76. The third kappa shape index (κ3) is 5.40. The molecule has 15 atom stereocenters. The zero-order valence-electron chi connectivity index (χ0n) is 18.5. The molecule has 35 heavy (non-hydrogen) atoms. The Hall–Kier alpha value is -0.860. The number of aliphatic hydroxyl groups excluding tert-OH is 12. The first-order valence-corrected chi connectivity index (χ1v) is 11.2. The van der Waals surface area contributed by atoms with Crippen LogP contribution in [-0.2, 0) is 9.47 Å². The summed E-state index contributed by atoms with van der Waals surface area (Å²) in [5.41, 5.74) is -0.0248. The minimum absolute atomic E-state index is 0.0248. The van der Waals surface area contributed by atoms with Crippen LogP contribution in [0.4, 0.5) is 0 Å². The van der Waals surface area contributed by atoms with Gasteiger partial charge in [0, 0.05) is 5.92 Å². The molecule has 3 rings (SSSR count). The molecule has 1 aliphatic heterocycles. The average Bonchev–Trinajstić information content (AvgIpc) is 2.85. The van der Waals surface area contributed by atoms with E-state index in [1.807, 2.05) is 0 Å². The van der Waals surface area contributed by atoms with Gasteiger partial charge >= 0.3 is 0 Å². The molecule has 0 unspecified atom stereocenters. The van der Waals surface area contributed by atoms with Gasteiger partial charge in [0.15, 0.2) is 6.29 Å². The van der Waals surface area contributed by atoms with Crippen LogP contribution in [0, 0.1) is 5.92 Å². The molecule has 0 bridgehead atoms. The van der Waals surface area contributed by atoms with Crippen molar-refractivity contribution >= 4 is 0 Å². The van der Waals surface area contributed by atoms with Crippen LogP contribution in [-0.4, -0.2) is 167 Å². The maximum atomic E-state index is 10.9. The van der Waals surface area contributed by atoms with Crippen molar-refractivity contribution in [3.63, 3.8) is 0 Å². The zero-order chi connectivity index (χ0) is 26.2. The van der Waals surface area contributed by atoms with E-state index in [1.54, 1.807) is 0 Å². The Morgan fingerprint density at radius 2 is 1.37 bits per heavy atom. The van der Waals surface area contributed by atoms with E-state index in [0.717, 1.165) is 0 Å². The molecule has 3 aliphatic rings. The fourth-order valence-corrected chi connectivity index (χ4v) is 4.81. The van der Waals surface area contributed by atoms with Crippen molar-refractivity contribution < 1.29 is 70.8 Å². The Labute approximate surface area is 199 Å². The highest BCUT2D eigenvalue weighted by atomic mass is 16.7. The summed E-state index contributed by atoms with van der Waals surface area (Å²) in [4.78, 5) is 0. The van der Waals surface area contributed by atoms with E-state index in [2.05, 4.69) is 5.32 Å². The van der Waals surface area contributed by atoms with Crippen molar-refractivity contribution in [3.8, 4) is 0 Å². The topological polar surface area (TPSA) is 273 Å². The van der Waals surface area contributed by atoms with Crippen molar-refractivity contribution in [2.75, 3.05) is 19.8 Å². The Morgan fingerprint density at radius 1 is 0.714 bits per heavy atom. The normalized spacial score (nSPS) is 51.2. The number of aliphatic hydroxyl groups is 12. The summed E-state index contributed by atoms with van der Waals surface area (Å²) in [6, 6.07) is -2.59. The standard InChI is InChI=1S/C20H35NO14/c22-2-5-1-7(12(27)15(30)10(5)25)21-9-11(26)6(3-23)19(17(32)14(9)29)35-20-18(33)16(31)13(28)8(4-24)34-20/h1,6-33H,2-4H2/t6-,7+,8-,9+,10-,11+,12+,13-,14-,15+,16+,17+,18-,19+,20+/m0/s1. The molecule has 0 aromatic carbocycles. The fourth-order valence-electron chi connectivity index (χ4n) is 4.81. The molecule has 1 saturated carbocycles. The van der Waals surface area contributed by atoms with Crippen LogP contribution in [0.5, 0.6) is 0 Å². The second-order valence-electron chi connectivity index (χ2n) is 9.16. The maximum Gasteiger partial charge on any atom is 0.187 e. The van der Waals surface area contributed by atoms with Crippen molar-refractivity contribution in [3.05, 3.63) is 11.6 Å². The van der Waals surface area contributed by atoms with Crippen molar-refractivity contribution in [1.29, 1.82) is 0 Å². The Kier molecular flexibility index (Phi) is 9.58. The Bertz CT molecular complexity index is 726. The Morgan fingerprint density at radius 3 is 1.94 bits per heavy atom. The van der Waals surface area contributed by atoms with Gasteiger partial charge in [0.2, 0.25) is 0 Å². The predicted octanol–water partition coefficient (Wildman–Crippen LogP) is -7.78. The molecule has 2 fully saturated rings. The number of hydrogen-bond acceptors (Lipinski definition) is 15. The van der Waals surface area contributed by atoms with Gasteiger partial charge in [-0.3, -0.25) is 0 Å². The van der Waals surface area contributed by atoms with E-state index in [4.69, 9.17) is 9.47 Å². The van der Waals surface area contributed by atoms with Crippen molar-refractivity contribution in [2.45, 2.75) is 85.5 Å². The van der Waals surface area contributed by atoms with Crippen LogP contribution in [0.3, 0.4) is 0 Å². The fraction of sp³-hybridized carbons (Fsp3) is 0.900. The average molecular weight is 513 g/mol. The van der Waals surface area contributed by atoms with Crippen LogP contribution < -0.4 is 5.32 Å². The van der Waals surface area contributed by atoms with Crippen LogP contribution in [0.2, 0.25) is 0 Å². The molecule has 0 amide bonds. The lowest BCUT2D eigenvalue weighted by molar-refractivity contribution is -0.332. The van der Waals surface area contributed by atoms with Gasteiger partial charge in [-0.2, -0.15) is 0 Å². The van der Waals surface area contributed by atoms with E-state index >= 15 is 0 Å². The number of nitrogens with one attached hydrogen (secondary N) is 1. The van der Waals surface area contributed by atoms with E-state index in [9.17, 15) is 61.3 Å². The highest BCUT2D eigenvalue weighted by molar-refractivity contribution is 5.22. The monoisotopic (exact) mass is 513 g/mol. The van der Waals surface area contributed by atoms with Gasteiger partial charge in [-0.15, -0.1) is 0 Å². The molecule has 2 aliphatic carbocycles. The smallest absolute Gasteiger partial charge is 0.187 e. The minimum atomic E-state index is -1.84. The molecule has 204 valence electrons. The largest absolute Gasteiger partial charge is 0.396 e. The molecule has 15 heteroatoms. The first-order chi connectivity index (χ1) is 16.5. The summed E-state index contributed by atoms with van der Waals surface area (Å²) in [5.74, 6) is -1.31. The molecule has 0 aromatic heterocycles. The molecular weight excluding hydrogens is 478 g/mol. The van der Waals surface area contributed by atoms with Crippen molar-refractivity contribution in [2.24, 2.45) is 5.92 Å². The van der Waals surface area contributed by atoms with Crippen molar-refractivity contribution in [1.82, 2.24) is 5.32 Å². The minimum Gasteiger partial charge on any atom is -0.396 e. The first kappa shape index (κ1) is 28.7. The molecular formula is C20H35NO14. The second kappa shape index (κ2) is 11.7. The van der Waals surface area contributed by atoms with E-state index in [0.29, 0.717) is 0 Å². The van der Waals surface area contributed by atoms with Crippen LogP contribution in [0.25, 0.3) is 0 Å². The summed E-state index contributed by atoms with van der Waals surface area (Å²) in [7, 11) is 0. The van der Waals surface area contributed by atoms with Crippen LogP contribution >= 0.6 is 0 Å². The number of hydrogen-bond donors (Lipinski definition) is 13. The predicted molar refractivity (Wildman–Crippen MR) is 111 cm³/mol. The summed E-state index contributed by atoms with van der Waals surface area (Å²) in [6.45, 7) is -2.18. The van der Waals surface area contributed by atoms with Gasteiger partial charge in [0.1, 0.15) is 54.9 Å². The molecule has 0 spiro atoms. The third-order valence-corrected chi connectivity index (χ3v) is 7.02. The molecule has 1 saturated heterocycles. The quantitative estimate of drug-likeness (QED) is 0.141. The van der Waals surface area contributed by atoms with Gasteiger partial charge in [0.05, 0.1) is 44.1 Å². The SMILES string of the molecule is OCC1=C[C@@H](N[C@H]2[C@H](O)[C@@H](O)[C@H](O[C@H]3O[C@@H](CO)[C@H](O)[C@@H](O)[C@@H]3O)[C@@H](CO)[C@H]2O)[C@@H](O)[C@H](O)[C@H]1O. The number of ether oxygens (including phenoxy) is 2. The highest BCUT2D eigenvalue weighted by Crippen LogP contribution is 2.33. The van der Waals surface area contributed by atoms with Gasteiger partial charge in [0.25, 0.3) is 0 Å². The van der Waals surface area contributed by atoms with E-state index in [1.165, 1.54) is 6.08 Å². The summed E-state index contributed by atoms with van der Waals surface area (Å²) in [5, 5.41) is 124. The van der Waals surface area contributed by atoms with Gasteiger partial charge in [-0.1, -0.05) is 6.08 Å². The van der Waals surface area contributed by atoms with Gasteiger partial charge < -0.3 is 76.1 Å². The highest BCUT2D eigenvalue weighted by Gasteiger charge is 2.54. The maximum absolute atomic E-state index is 10.9. The van der Waals surface area contributed by atoms with E-state index < -0.39 is 111 Å². The summed E-state index contributed by atoms with van der Waals surface area (Å²) < 4.78 is 10.7. The summed E-state index contributed by atoms with van der Waals surface area (Å²) >= 11 is 0.